The van der Waals surface area contributed by atoms with Crippen molar-refractivity contribution in [3.63, 3.8) is 0 Å². The molecule has 0 aliphatic heterocycles. The molecule has 0 aromatic heterocycles. The maximum Gasteiger partial charge on any atom is 0.221 e. The number of carbonyl (C=O) groups excluding carboxylic acids is 1. The van der Waals surface area contributed by atoms with Gasteiger partial charge in [-0.2, -0.15) is 0 Å². The van der Waals surface area contributed by atoms with Crippen LogP contribution in [0.25, 0.3) is 0 Å². The minimum absolute atomic E-state index is 0.0390. The third kappa shape index (κ3) is 3.35. The monoisotopic (exact) mass is 184 g/mol. The molecule has 0 radical (unpaired) electrons. The lowest BCUT2D eigenvalue weighted by Gasteiger charge is -2.08. The Morgan fingerprint density at radius 3 is 2.92 bits per heavy atom. The van der Waals surface area contributed by atoms with Crippen molar-refractivity contribution in [3.8, 4) is 0 Å². The molecule has 0 saturated heterocycles. The standard InChI is InChI=1S/C10H20N2O/c1-3-4-8-5-9(8)12-6-7(2)10(11)13/h7-9,12H,3-6H2,1-2H3,(H2,11,13). The molecular weight excluding hydrogens is 164 g/mol. The van der Waals surface area contributed by atoms with Crippen molar-refractivity contribution in [2.24, 2.45) is 17.6 Å². The first-order chi connectivity index (χ1) is 6.15. The number of amides is 1. The van der Waals surface area contributed by atoms with Gasteiger partial charge < -0.3 is 11.1 Å². The van der Waals surface area contributed by atoms with E-state index in [4.69, 9.17) is 5.73 Å². The maximum absolute atomic E-state index is 10.7. The third-order valence-corrected chi connectivity index (χ3v) is 2.75. The van der Waals surface area contributed by atoms with Crippen LogP contribution in [0.2, 0.25) is 0 Å². The van der Waals surface area contributed by atoms with E-state index in [2.05, 4.69) is 12.2 Å². The van der Waals surface area contributed by atoms with Crippen molar-refractivity contribution < 1.29 is 4.79 Å². The summed E-state index contributed by atoms with van der Waals surface area (Å²) in [6.07, 6.45) is 3.84. The van der Waals surface area contributed by atoms with E-state index in [1.165, 1.54) is 19.3 Å². The molecule has 0 spiro atoms. The van der Waals surface area contributed by atoms with E-state index >= 15 is 0 Å². The number of rotatable bonds is 6. The number of nitrogens with two attached hydrogens (primary N) is 1. The van der Waals surface area contributed by atoms with Crippen LogP contribution in [-0.2, 0) is 4.79 Å². The van der Waals surface area contributed by atoms with Gasteiger partial charge in [0.1, 0.15) is 0 Å². The van der Waals surface area contributed by atoms with Crippen molar-refractivity contribution in [1.82, 2.24) is 5.32 Å². The zero-order valence-electron chi connectivity index (χ0n) is 8.55. The van der Waals surface area contributed by atoms with Crippen LogP contribution >= 0.6 is 0 Å². The van der Waals surface area contributed by atoms with Gasteiger partial charge in [-0.15, -0.1) is 0 Å². The SMILES string of the molecule is CCCC1CC1NCC(C)C(N)=O. The Hall–Kier alpha value is -0.570. The van der Waals surface area contributed by atoms with E-state index in [1.807, 2.05) is 6.92 Å². The Morgan fingerprint density at radius 2 is 2.38 bits per heavy atom. The minimum Gasteiger partial charge on any atom is -0.369 e. The lowest BCUT2D eigenvalue weighted by molar-refractivity contribution is -0.121. The first-order valence-electron chi connectivity index (χ1n) is 5.17. The average Bonchev–Trinajstić information content (AvgIpc) is 2.80. The number of hydrogen-bond donors (Lipinski definition) is 2. The highest BCUT2D eigenvalue weighted by atomic mass is 16.1. The molecule has 0 aromatic rings. The van der Waals surface area contributed by atoms with E-state index < -0.39 is 0 Å². The highest BCUT2D eigenvalue weighted by Gasteiger charge is 2.35. The molecule has 3 unspecified atom stereocenters. The van der Waals surface area contributed by atoms with Gasteiger partial charge in [0.25, 0.3) is 0 Å². The van der Waals surface area contributed by atoms with Crippen LogP contribution in [0.4, 0.5) is 0 Å². The molecule has 3 atom stereocenters. The highest BCUT2D eigenvalue weighted by Crippen LogP contribution is 2.34. The lowest BCUT2D eigenvalue weighted by Crippen LogP contribution is -2.32. The predicted octanol–water partition coefficient (Wildman–Crippen LogP) is 0.886. The lowest BCUT2D eigenvalue weighted by atomic mass is 10.1. The largest absolute Gasteiger partial charge is 0.369 e. The van der Waals surface area contributed by atoms with Crippen LogP contribution in [0.15, 0.2) is 0 Å². The maximum atomic E-state index is 10.7. The molecule has 1 rings (SSSR count). The van der Waals surface area contributed by atoms with Crippen molar-refractivity contribution in [1.29, 1.82) is 0 Å². The number of nitrogens with one attached hydrogen (secondary N) is 1. The quantitative estimate of drug-likeness (QED) is 0.644. The van der Waals surface area contributed by atoms with Crippen molar-refractivity contribution in [3.05, 3.63) is 0 Å². The zero-order valence-corrected chi connectivity index (χ0v) is 8.55. The van der Waals surface area contributed by atoms with Crippen LogP contribution in [0.5, 0.6) is 0 Å². The summed E-state index contributed by atoms with van der Waals surface area (Å²) in [6.45, 7) is 4.81. The zero-order chi connectivity index (χ0) is 9.84. The van der Waals surface area contributed by atoms with E-state index in [0.717, 1.165) is 12.5 Å². The molecular formula is C10H20N2O. The summed E-state index contributed by atoms with van der Waals surface area (Å²) < 4.78 is 0. The van der Waals surface area contributed by atoms with Gasteiger partial charge in [-0.25, -0.2) is 0 Å². The van der Waals surface area contributed by atoms with Gasteiger partial charge in [0, 0.05) is 18.5 Å². The Morgan fingerprint density at radius 1 is 1.69 bits per heavy atom. The van der Waals surface area contributed by atoms with Crippen LogP contribution < -0.4 is 11.1 Å². The average molecular weight is 184 g/mol. The van der Waals surface area contributed by atoms with Crippen LogP contribution in [0.3, 0.4) is 0 Å². The molecule has 3 heteroatoms. The van der Waals surface area contributed by atoms with Gasteiger partial charge in [-0.1, -0.05) is 20.3 Å². The summed E-state index contributed by atoms with van der Waals surface area (Å²) in [4.78, 5) is 10.7. The third-order valence-electron chi connectivity index (χ3n) is 2.75. The minimum atomic E-state index is -0.208. The smallest absolute Gasteiger partial charge is 0.221 e. The van der Waals surface area contributed by atoms with E-state index in [-0.39, 0.29) is 11.8 Å². The van der Waals surface area contributed by atoms with Gasteiger partial charge >= 0.3 is 0 Å². The first kappa shape index (κ1) is 10.5. The van der Waals surface area contributed by atoms with Crippen molar-refractivity contribution in [2.45, 2.75) is 39.2 Å². The summed E-state index contributed by atoms with van der Waals surface area (Å²) in [7, 11) is 0. The fourth-order valence-corrected chi connectivity index (χ4v) is 1.62. The second kappa shape index (κ2) is 4.61. The van der Waals surface area contributed by atoms with E-state index in [9.17, 15) is 4.79 Å². The molecule has 1 aliphatic rings. The molecule has 1 aliphatic carbocycles. The van der Waals surface area contributed by atoms with Crippen LogP contribution in [0, 0.1) is 11.8 Å². The summed E-state index contributed by atoms with van der Waals surface area (Å²) in [5, 5.41) is 3.37. The number of primary amides is 1. The van der Waals surface area contributed by atoms with E-state index in [0.29, 0.717) is 6.04 Å². The fraction of sp³-hybridized carbons (Fsp3) is 0.900. The van der Waals surface area contributed by atoms with Gasteiger partial charge in [-0.3, -0.25) is 4.79 Å². The van der Waals surface area contributed by atoms with Crippen LogP contribution in [-0.4, -0.2) is 18.5 Å². The molecule has 0 aromatic carbocycles. The van der Waals surface area contributed by atoms with Gasteiger partial charge in [0.05, 0.1) is 0 Å². The van der Waals surface area contributed by atoms with Gasteiger partial charge in [-0.05, 0) is 18.8 Å². The molecule has 76 valence electrons. The first-order valence-corrected chi connectivity index (χ1v) is 5.17. The van der Waals surface area contributed by atoms with E-state index in [1.54, 1.807) is 0 Å². The molecule has 0 heterocycles. The summed E-state index contributed by atoms with van der Waals surface area (Å²) in [5.74, 6) is 0.605. The number of carbonyl (C=O) groups is 1. The molecule has 1 saturated carbocycles. The summed E-state index contributed by atoms with van der Waals surface area (Å²) >= 11 is 0. The summed E-state index contributed by atoms with van der Waals surface area (Å²) in [6, 6.07) is 0.654. The Kier molecular flexibility index (Phi) is 3.72. The van der Waals surface area contributed by atoms with Gasteiger partial charge in [0.2, 0.25) is 5.91 Å². The Balaban J connectivity index is 2.05. The molecule has 3 nitrogen and oxygen atoms in total. The molecule has 3 N–H and O–H groups in total. The number of hydrogen-bond acceptors (Lipinski definition) is 2. The molecule has 0 bridgehead atoms. The molecule has 1 amide bonds. The summed E-state index contributed by atoms with van der Waals surface area (Å²) in [5.41, 5.74) is 5.16. The predicted molar refractivity (Wildman–Crippen MR) is 53.2 cm³/mol. The Bertz CT molecular complexity index is 182. The second-order valence-electron chi connectivity index (χ2n) is 4.10. The highest BCUT2D eigenvalue weighted by molar-refractivity contribution is 5.76. The second-order valence-corrected chi connectivity index (χ2v) is 4.10. The fourth-order valence-electron chi connectivity index (χ4n) is 1.62. The van der Waals surface area contributed by atoms with Crippen molar-refractivity contribution >= 4 is 5.91 Å². The van der Waals surface area contributed by atoms with Gasteiger partial charge in [0.15, 0.2) is 0 Å². The van der Waals surface area contributed by atoms with Crippen molar-refractivity contribution in [2.75, 3.05) is 6.54 Å². The van der Waals surface area contributed by atoms with Crippen LogP contribution in [0.1, 0.15) is 33.1 Å². The topological polar surface area (TPSA) is 55.1 Å². The molecule has 1 fully saturated rings. The normalized spacial score (nSPS) is 28.5. The Labute approximate surface area is 80.1 Å². The molecule has 13 heavy (non-hydrogen) atoms.